The number of aromatic hydroxyl groups is 1. The quantitative estimate of drug-likeness (QED) is 0.442. The number of aromatic nitrogens is 2. The normalized spacial score (nSPS) is 10.9. The zero-order chi connectivity index (χ0) is 22.5. The number of rotatable bonds is 8. The highest BCUT2D eigenvalue weighted by atomic mass is 16.3. The average Bonchev–Trinajstić information content (AvgIpc) is 3.32. The summed E-state index contributed by atoms with van der Waals surface area (Å²) in [6.45, 7) is 0.948. The van der Waals surface area contributed by atoms with Crippen molar-refractivity contribution in [3.8, 4) is 17.1 Å². The van der Waals surface area contributed by atoms with E-state index in [1.165, 1.54) is 4.57 Å². The minimum atomic E-state index is -0.166. The molecule has 7 nitrogen and oxygen atoms in total. The maximum atomic E-state index is 12.7. The molecule has 2 heterocycles. The molecule has 4 rings (SSSR count). The number of nitrogen functional groups attached to an aromatic ring is 1. The number of hydrogen-bond acceptors (Lipinski definition) is 6. The Balaban J connectivity index is 1.40. The number of phenols is 1. The van der Waals surface area contributed by atoms with Crippen molar-refractivity contribution in [3.63, 3.8) is 0 Å². The first-order valence-electron chi connectivity index (χ1n) is 10.5. The number of nitrogens with two attached hydrogens (primary N) is 1. The van der Waals surface area contributed by atoms with Gasteiger partial charge in [0.05, 0.1) is 12.0 Å². The summed E-state index contributed by atoms with van der Waals surface area (Å²) >= 11 is 0. The average molecular weight is 431 g/mol. The lowest BCUT2D eigenvalue weighted by Gasteiger charge is -2.20. The summed E-state index contributed by atoms with van der Waals surface area (Å²) in [4.78, 5) is 19.1. The van der Waals surface area contributed by atoms with Crippen molar-refractivity contribution in [1.29, 1.82) is 0 Å². The van der Waals surface area contributed by atoms with Crippen molar-refractivity contribution in [2.24, 2.45) is 0 Å². The van der Waals surface area contributed by atoms with Crippen molar-refractivity contribution in [2.45, 2.75) is 19.4 Å². The fraction of sp³-hybridized carbons (Fsp3) is 0.200. The summed E-state index contributed by atoms with van der Waals surface area (Å²) < 4.78 is 6.94. The first-order chi connectivity index (χ1) is 15.5. The summed E-state index contributed by atoms with van der Waals surface area (Å²) in [5.74, 6) is 1.24. The molecule has 0 unspecified atom stereocenters. The van der Waals surface area contributed by atoms with Gasteiger partial charge in [0.25, 0.3) is 5.56 Å². The Kier molecular flexibility index (Phi) is 6.26. The third-order valence-electron chi connectivity index (χ3n) is 5.42. The topological polar surface area (TPSA) is 97.5 Å². The summed E-state index contributed by atoms with van der Waals surface area (Å²) in [6.07, 6.45) is 3.01. The van der Waals surface area contributed by atoms with Crippen LogP contribution in [-0.2, 0) is 19.4 Å². The van der Waals surface area contributed by atoms with E-state index < -0.39 is 0 Å². The molecule has 32 heavy (non-hydrogen) atoms. The summed E-state index contributed by atoms with van der Waals surface area (Å²) in [5.41, 5.74) is 9.63. The fourth-order valence-electron chi connectivity index (χ4n) is 3.63. The van der Waals surface area contributed by atoms with E-state index in [4.69, 9.17) is 10.2 Å². The van der Waals surface area contributed by atoms with Crippen LogP contribution in [0.15, 0.2) is 82.2 Å². The number of likely N-dealkylation sites (N-methyl/N-ethyl adjacent to an activating group) is 1. The molecule has 164 valence electrons. The summed E-state index contributed by atoms with van der Waals surface area (Å²) in [7, 11) is 1.90. The summed E-state index contributed by atoms with van der Waals surface area (Å²) in [6, 6.07) is 20.5. The van der Waals surface area contributed by atoms with E-state index >= 15 is 0 Å². The highest BCUT2D eigenvalue weighted by Crippen LogP contribution is 2.21. The second-order valence-electron chi connectivity index (χ2n) is 7.71. The molecule has 0 atom stereocenters. The molecule has 4 aromatic rings. The van der Waals surface area contributed by atoms with Crippen LogP contribution in [0.3, 0.4) is 0 Å². The molecular formula is C25H26N4O3. The molecule has 0 amide bonds. The van der Waals surface area contributed by atoms with Gasteiger partial charge in [0.2, 0.25) is 5.95 Å². The number of nitrogens with zero attached hydrogens (tertiary/aromatic N) is 3. The molecule has 0 radical (unpaired) electrons. The van der Waals surface area contributed by atoms with Crippen molar-refractivity contribution >= 4 is 11.6 Å². The Bertz CT molecular complexity index is 1250. The fourth-order valence-corrected chi connectivity index (χ4v) is 3.63. The molecule has 0 aliphatic rings. The van der Waals surface area contributed by atoms with E-state index in [1.807, 2.05) is 48.3 Å². The minimum Gasteiger partial charge on any atom is -0.508 e. The predicted octanol–water partition coefficient (Wildman–Crippen LogP) is 3.71. The van der Waals surface area contributed by atoms with Crippen LogP contribution in [0.5, 0.6) is 5.75 Å². The summed E-state index contributed by atoms with van der Waals surface area (Å²) in [5, 5.41) is 9.65. The van der Waals surface area contributed by atoms with E-state index in [9.17, 15) is 9.90 Å². The maximum Gasteiger partial charge on any atom is 0.255 e. The number of phenolic OH excluding ortho intramolecular Hbond substituents is 1. The van der Waals surface area contributed by atoms with Crippen LogP contribution in [-0.4, -0.2) is 28.3 Å². The van der Waals surface area contributed by atoms with Crippen LogP contribution in [0.25, 0.3) is 11.3 Å². The Morgan fingerprint density at radius 2 is 1.91 bits per heavy atom. The van der Waals surface area contributed by atoms with Gasteiger partial charge in [-0.2, -0.15) is 0 Å². The third-order valence-corrected chi connectivity index (χ3v) is 5.42. The highest BCUT2D eigenvalue weighted by molar-refractivity contribution is 5.58. The zero-order valence-corrected chi connectivity index (χ0v) is 17.9. The Hall–Kier alpha value is -4.00. The Morgan fingerprint density at radius 3 is 2.66 bits per heavy atom. The van der Waals surface area contributed by atoms with Crippen LogP contribution in [0.4, 0.5) is 11.6 Å². The molecule has 0 aliphatic carbocycles. The second kappa shape index (κ2) is 9.43. The number of benzene rings is 2. The predicted molar refractivity (Wildman–Crippen MR) is 126 cm³/mol. The van der Waals surface area contributed by atoms with E-state index in [2.05, 4.69) is 11.1 Å². The van der Waals surface area contributed by atoms with Gasteiger partial charge in [-0.05, 0) is 48.7 Å². The number of furan rings is 1. The van der Waals surface area contributed by atoms with Gasteiger partial charge >= 0.3 is 0 Å². The van der Waals surface area contributed by atoms with Crippen molar-refractivity contribution in [2.75, 3.05) is 24.2 Å². The van der Waals surface area contributed by atoms with Gasteiger partial charge < -0.3 is 20.2 Å². The maximum absolute atomic E-state index is 12.7. The lowest BCUT2D eigenvalue weighted by molar-refractivity contribution is 0.475. The van der Waals surface area contributed by atoms with Crippen LogP contribution in [0, 0.1) is 0 Å². The molecule has 2 aromatic carbocycles. The molecule has 0 saturated carbocycles. The first-order valence-corrected chi connectivity index (χ1v) is 10.5. The Morgan fingerprint density at radius 1 is 1.06 bits per heavy atom. The highest BCUT2D eigenvalue weighted by Gasteiger charge is 2.09. The molecule has 7 heteroatoms. The minimum absolute atomic E-state index is 0.166. The lowest BCUT2D eigenvalue weighted by Crippen LogP contribution is -2.31. The van der Waals surface area contributed by atoms with Gasteiger partial charge in [-0.15, -0.1) is 0 Å². The molecule has 0 bridgehead atoms. The molecule has 2 aromatic heterocycles. The standard InChI is InChI=1S/C25H26N4O3/c1-28(21-7-3-8-22(30)17-21)12-13-29-24(31)16-20(27-25(29)26)11-10-18-5-2-6-19(15-18)23-9-4-14-32-23/h2-9,14-17,30H,10-13H2,1H3,(H2,26,27). The van der Waals surface area contributed by atoms with Gasteiger partial charge in [0.15, 0.2) is 0 Å². The van der Waals surface area contributed by atoms with Crippen LogP contribution < -0.4 is 16.2 Å². The van der Waals surface area contributed by atoms with E-state index in [-0.39, 0.29) is 17.3 Å². The number of aryl methyl sites for hydroxylation is 2. The van der Waals surface area contributed by atoms with Crippen molar-refractivity contribution < 1.29 is 9.52 Å². The molecule has 0 fully saturated rings. The van der Waals surface area contributed by atoms with Crippen molar-refractivity contribution in [1.82, 2.24) is 9.55 Å². The van der Waals surface area contributed by atoms with Gasteiger partial charge in [0, 0.05) is 43.5 Å². The number of anilines is 2. The van der Waals surface area contributed by atoms with E-state index in [0.29, 0.717) is 25.2 Å². The lowest BCUT2D eigenvalue weighted by atomic mass is 10.0. The van der Waals surface area contributed by atoms with Gasteiger partial charge in [-0.1, -0.05) is 24.3 Å². The molecule has 0 spiro atoms. The van der Waals surface area contributed by atoms with Gasteiger partial charge in [-0.3, -0.25) is 9.36 Å². The first kappa shape index (κ1) is 21.2. The molecule has 0 aliphatic heterocycles. The smallest absolute Gasteiger partial charge is 0.255 e. The molecule has 0 saturated heterocycles. The largest absolute Gasteiger partial charge is 0.508 e. The molecule has 3 N–H and O–H groups in total. The second-order valence-corrected chi connectivity index (χ2v) is 7.71. The molecular weight excluding hydrogens is 404 g/mol. The van der Waals surface area contributed by atoms with Crippen molar-refractivity contribution in [3.05, 3.63) is 94.6 Å². The van der Waals surface area contributed by atoms with Crippen LogP contribution >= 0.6 is 0 Å². The Labute approximate surface area is 186 Å². The number of hydrogen-bond donors (Lipinski definition) is 2. The zero-order valence-electron chi connectivity index (χ0n) is 17.9. The third kappa shape index (κ3) is 5.00. The van der Waals surface area contributed by atoms with Crippen LogP contribution in [0.2, 0.25) is 0 Å². The SMILES string of the molecule is CN(CCn1c(N)nc(CCc2cccc(-c3ccco3)c2)cc1=O)c1cccc(O)c1. The monoisotopic (exact) mass is 430 g/mol. The van der Waals surface area contributed by atoms with Gasteiger partial charge in [0.1, 0.15) is 11.5 Å². The van der Waals surface area contributed by atoms with E-state index in [1.54, 1.807) is 30.5 Å². The van der Waals surface area contributed by atoms with E-state index in [0.717, 1.165) is 29.0 Å². The van der Waals surface area contributed by atoms with Gasteiger partial charge in [-0.25, -0.2) is 4.98 Å². The van der Waals surface area contributed by atoms with Crippen LogP contribution in [0.1, 0.15) is 11.3 Å².